The van der Waals surface area contributed by atoms with Gasteiger partial charge in [-0.05, 0) is 11.5 Å². The minimum absolute atomic E-state index is 0.139. The molecule has 0 aliphatic heterocycles. The van der Waals surface area contributed by atoms with Gasteiger partial charge in [-0.1, -0.05) is 49.3 Å². The Labute approximate surface area is 125 Å². The van der Waals surface area contributed by atoms with Crippen LogP contribution in [0.4, 0.5) is 0 Å². The number of ether oxygens (including phenoxy) is 1. The lowest BCUT2D eigenvalue weighted by atomic mass is 9.95. The van der Waals surface area contributed by atoms with Crippen molar-refractivity contribution in [2.45, 2.75) is 25.8 Å². The molecule has 6 nitrogen and oxygen atoms in total. The molecule has 0 radical (unpaired) electrons. The molecule has 0 saturated heterocycles. The van der Waals surface area contributed by atoms with Crippen LogP contribution in [0.5, 0.6) is 0 Å². The van der Waals surface area contributed by atoms with Crippen LogP contribution in [0.2, 0.25) is 0 Å². The van der Waals surface area contributed by atoms with Crippen molar-refractivity contribution >= 4 is 11.7 Å². The average molecular weight is 293 g/mol. The summed E-state index contributed by atoms with van der Waals surface area (Å²) in [5.41, 5.74) is 6.36. The van der Waals surface area contributed by atoms with Gasteiger partial charge in [0.25, 0.3) is 0 Å². The molecule has 1 aromatic carbocycles. The lowest BCUT2D eigenvalue weighted by Gasteiger charge is -2.24. The van der Waals surface area contributed by atoms with E-state index >= 15 is 0 Å². The number of amidine groups is 1. The van der Waals surface area contributed by atoms with Crippen LogP contribution in [0.25, 0.3) is 0 Å². The molecular formula is C15H23N3O3. The van der Waals surface area contributed by atoms with Gasteiger partial charge in [-0.2, -0.15) is 0 Å². The van der Waals surface area contributed by atoms with Crippen LogP contribution in [0.15, 0.2) is 35.5 Å². The van der Waals surface area contributed by atoms with Crippen LogP contribution < -0.4 is 11.1 Å². The highest BCUT2D eigenvalue weighted by molar-refractivity contribution is 6.07. The minimum atomic E-state index is -0.825. The van der Waals surface area contributed by atoms with E-state index in [1.165, 1.54) is 0 Å². The third-order valence-corrected chi connectivity index (χ3v) is 3.28. The summed E-state index contributed by atoms with van der Waals surface area (Å²) in [5, 5.41) is 14.8. The number of methoxy groups -OCH3 is 1. The standard InChI is InChI=1S/C15H23N3O3/c1-10(2)12(9-21-3)17-15(19)13(14(16)18-20)11-7-5-4-6-8-11/h4-8,10,12-13,20H,9H2,1-3H3,(H2,16,18)(H,17,19). The van der Waals surface area contributed by atoms with Crippen LogP contribution in [-0.2, 0) is 9.53 Å². The molecule has 0 aliphatic rings. The molecule has 2 atom stereocenters. The highest BCUT2D eigenvalue weighted by Gasteiger charge is 2.28. The zero-order chi connectivity index (χ0) is 15.8. The van der Waals surface area contributed by atoms with Crippen molar-refractivity contribution in [3.8, 4) is 0 Å². The summed E-state index contributed by atoms with van der Waals surface area (Å²) in [4.78, 5) is 12.5. The van der Waals surface area contributed by atoms with Crippen molar-refractivity contribution in [3.63, 3.8) is 0 Å². The van der Waals surface area contributed by atoms with E-state index in [2.05, 4.69) is 10.5 Å². The van der Waals surface area contributed by atoms with E-state index in [0.29, 0.717) is 12.2 Å². The first kappa shape index (κ1) is 17.0. The Morgan fingerprint density at radius 2 is 2.00 bits per heavy atom. The van der Waals surface area contributed by atoms with Gasteiger partial charge in [-0.15, -0.1) is 0 Å². The quantitative estimate of drug-likeness (QED) is 0.305. The van der Waals surface area contributed by atoms with Gasteiger partial charge in [-0.25, -0.2) is 0 Å². The molecule has 0 aromatic heterocycles. The van der Waals surface area contributed by atoms with E-state index < -0.39 is 5.92 Å². The lowest BCUT2D eigenvalue weighted by molar-refractivity contribution is -0.122. The number of nitrogens with two attached hydrogens (primary N) is 1. The maximum Gasteiger partial charge on any atom is 0.235 e. The second kappa shape index (κ2) is 8.26. The number of hydrogen-bond donors (Lipinski definition) is 3. The zero-order valence-electron chi connectivity index (χ0n) is 12.6. The second-order valence-electron chi connectivity index (χ2n) is 5.18. The fraction of sp³-hybridized carbons (Fsp3) is 0.467. The number of amides is 1. The summed E-state index contributed by atoms with van der Waals surface area (Å²) in [6.07, 6.45) is 0. The van der Waals surface area contributed by atoms with Crippen LogP contribution >= 0.6 is 0 Å². The number of oxime groups is 1. The third-order valence-electron chi connectivity index (χ3n) is 3.28. The predicted molar refractivity (Wildman–Crippen MR) is 81.2 cm³/mol. The molecule has 21 heavy (non-hydrogen) atoms. The molecule has 6 heteroatoms. The van der Waals surface area contributed by atoms with Crippen molar-refractivity contribution in [1.29, 1.82) is 0 Å². The number of rotatable bonds is 7. The smallest absolute Gasteiger partial charge is 0.235 e. The van der Waals surface area contributed by atoms with Gasteiger partial charge in [0.15, 0.2) is 5.84 Å². The monoisotopic (exact) mass is 293 g/mol. The maximum atomic E-state index is 12.5. The van der Waals surface area contributed by atoms with Gasteiger partial charge < -0.3 is 21.0 Å². The first-order chi connectivity index (χ1) is 10.0. The van der Waals surface area contributed by atoms with E-state index in [1.54, 1.807) is 31.4 Å². The predicted octanol–water partition coefficient (Wildman–Crippen LogP) is 1.30. The SMILES string of the molecule is COCC(NC(=O)C(C(N)=NO)c1ccccc1)C(C)C. The van der Waals surface area contributed by atoms with Gasteiger partial charge in [0, 0.05) is 7.11 Å². The molecule has 0 saturated carbocycles. The minimum Gasteiger partial charge on any atom is -0.409 e. The number of carbonyl (C=O) groups excluding carboxylic acids is 1. The Hall–Kier alpha value is -2.08. The number of hydrogen-bond acceptors (Lipinski definition) is 4. The van der Waals surface area contributed by atoms with Crippen molar-refractivity contribution in [1.82, 2.24) is 5.32 Å². The Kier molecular flexibility index (Phi) is 6.68. The number of nitrogens with one attached hydrogen (secondary N) is 1. The molecular weight excluding hydrogens is 270 g/mol. The van der Waals surface area contributed by atoms with Crippen molar-refractivity contribution < 1.29 is 14.7 Å². The lowest BCUT2D eigenvalue weighted by Crippen LogP contribution is -2.46. The molecule has 1 rings (SSSR count). The number of carbonyl (C=O) groups is 1. The van der Waals surface area contributed by atoms with Crippen LogP contribution in [-0.4, -0.2) is 36.7 Å². The van der Waals surface area contributed by atoms with E-state index in [-0.39, 0.29) is 23.7 Å². The fourth-order valence-electron chi connectivity index (χ4n) is 2.01. The van der Waals surface area contributed by atoms with Crippen molar-refractivity contribution in [2.24, 2.45) is 16.8 Å². The summed E-state index contributed by atoms with van der Waals surface area (Å²) in [7, 11) is 1.58. The molecule has 0 heterocycles. The second-order valence-corrected chi connectivity index (χ2v) is 5.18. The molecule has 4 N–H and O–H groups in total. The van der Waals surface area contributed by atoms with E-state index in [1.807, 2.05) is 19.9 Å². The average Bonchev–Trinajstić information content (AvgIpc) is 2.47. The summed E-state index contributed by atoms with van der Waals surface area (Å²) >= 11 is 0. The molecule has 1 aromatic rings. The van der Waals surface area contributed by atoms with Crippen LogP contribution in [0, 0.1) is 5.92 Å². The van der Waals surface area contributed by atoms with Gasteiger partial charge in [0.05, 0.1) is 12.6 Å². The molecule has 1 amide bonds. The van der Waals surface area contributed by atoms with Crippen LogP contribution in [0.1, 0.15) is 25.3 Å². The summed E-state index contributed by atoms with van der Waals surface area (Å²) < 4.78 is 5.11. The zero-order valence-corrected chi connectivity index (χ0v) is 12.6. The van der Waals surface area contributed by atoms with Crippen molar-refractivity contribution in [2.75, 3.05) is 13.7 Å². The Morgan fingerprint density at radius 1 is 1.38 bits per heavy atom. The van der Waals surface area contributed by atoms with Crippen molar-refractivity contribution in [3.05, 3.63) is 35.9 Å². The van der Waals surface area contributed by atoms with Gasteiger partial charge >= 0.3 is 0 Å². The van der Waals surface area contributed by atoms with Gasteiger partial charge in [-0.3, -0.25) is 4.79 Å². The number of benzene rings is 1. The fourth-order valence-corrected chi connectivity index (χ4v) is 2.01. The molecule has 0 spiro atoms. The molecule has 0 bridgehead atoms. The summed E-state index contributed by atoms with van der Waals surface area (Å²) in [6.45, 7) is 4.39. The topological polar surface area (TPSA) is 96.9 Å². The molecule has 116 valence electrons. The number of nitrogens with zero attached hydrogens (tertiary/aromatic N) is 1. The highest BCUT2D eigenvalue weighted by atomic mass is 16.5. The molecule has 2 unspecified atom stereocenters. The Balaban J connectivity index is 2.97. The van der Waals surface area contributed by atoms with Gasteiger partial charge in [0.2, 0.25) is 5.91 Å². The van der Waals surface area contributed by atoms with Gasteiger partial charge in [0.1, 0.15) is 5.92 Å². The largest absolute Gasteiger partial charge is 0.409 e. The first-order valence-electron chi connectivity index (χ1n) is 6.82. The molecule has 0 fully saturated rings. The van der Waals surface area contributed by atoms with Crippen LogP contribution in [0.3, 0.4) is 0 Å². The Bertz CT molecular complexity index is 474. The Morgan fingerprint density at radius 3 is 2.48 bits per heavy atom. The highest BCUT2D eigenvalue weighted by Crippen LogP contribution is 2.17. The first-order valence-corrected chi connectivity index (χ1v) is 6.82. The van der Waals surface area contributed by atoms with E-state index in [0.717, 1.165) is 0 Å². The summed E-state index contributed by atoms with van der Waals surface area (Å²) in [6, 6.07) is 8.84. The van der Waals surface area contributed by atoms with E-state index in [9.17, 15) is 4.79 Å². The van der Waals surface area contributed by atoms with E-state index in [4.69, 9.17) is 15.7 Å². The maximum absolute atomic E-state index is 12.5. The normalized spacial score (nSPS) is 14.8. The molecule has 0 aliphatic carbocycles. The third kappa shape index (κ3) is 4.75. The summed E-state index contributed by atoms with van der Waals surface area (Å²) in [5.74, 6) is -1.07.